The molecule has 0 amide bonds. The Bertz CT molecular complexity index is 564. The molecule has 0 aromatic carbocycles. The minimum atomic E-state index is -2.62. The molecule has 0 aliphatic heterocycles. The average molecular weight is 367 g/mol. The van der Waals surface area contributed by atoms with Crippen LogP contribution in [0.2, 0.25) is 10.5 Å². The summed E-state index contributed by atoms with van der Waals surface area (Å²) in [5.74, 6) is 0. The fraction of sp³-hybridized carbons (Fsp3) is 0.500. The van der Waals surface area contributed by atoms with Crippen molar-refractivity contribution in [2.24, 2.45) is 0 Å². The maximum atomic E-state index is 2.62. The smallest absolute Gasteiger partial charge is 0.147 e. The summed E-state index contributed by atoms with van der Waals surface area (Å²) in [6.45, 7) is 9.21. The Morgan fingerprint density at radius 3 is 1.30 bits per heavy atom. The first-order valence-corrected chi connectivity index (χ1v) is 15.7. The molecule has 0 saturated carbocycles. The summed E-state index contributed by atoms with van der Waals surface area (Å²) < 4.78 is 3.61. The second-order valence-corrected chi connectivity index (χ2v) is 26.1. The second-order valence-electron chi connectivity index (χ2n) is 7.08. The molecule has 0 aromatic heterocycles. The molecule has 0 spiro atoms. The van der Waals surface area contributed by atoms with E-state index in [0.717, 1.165) is 0 Å². The normalized spacial score (nSPS) is 19.6. The van der Waals surface area contributed by atoms with Gasteiger partial charge in [-0.3, -0.25) is 0 Å². The standard InChI is InChI=1S/2C7H9.2CH3.2ClH.H2Si.Ti/c2*1-6-4-3-5-7(6)2;;;;;;/h2*4H,3H2,1-2H3;2*1H3;2*1H;1H2;. The average Bonchev–Trinajstić information content (AvgIpc) is 2.74. The summed E-state index contributed by atoms with van der Waals surface area (Å²) >= 11 is -2.62. The van der Waals surface area contributed by atoms with E-state index in [1.165, 1.54) is 24.0 Å². The summed E-state index contributed by atoms with van der Waals surface area (Å²) in [7, 11) is 2.36. The van der Waals surface area contributed by atoms with Crippen LogP contribution in [0.15, 0.2) is 42.2 Å². The van der Waals surface area contributed by atoms with Crippen molar-refractivity contribution in [2.75, 3.05) is 0 Å². The van der Waals surface area contributed by atoms with Crippen LogP contribution in [0, 0.1) is 0 Å². The maximum Gasteiger partial charge on any atom is -0.147 e. The molecule has 0 heterocycles. The van der Waals surface area contributed by atoms with Crippen LogP contribution in [0.4, 0.5) is 0 Å². The van der Waals surface area contributed by atoms with Gasteiger partial charge in [-0.2, -0.15) is 0 Å². The zero-order chi connectivity index (χ0) is 13.7. The third-order valence-electron chi connectivity index (χ3n) is 5.25. The molecular weight excluding hydrogens is 339 g/mol. The van der Waals surface area contributed by atoms with Gasteiger partial charge in [-0.15, -0.1) is 24.8 Å². The first kappa shape index (κ1) is 20.5. The van der Waals surface area contributed by atoms with Gasteiger partial charge < -0.3 is 0 Å². The van der Waals surface area contributed by atoms with Crippen LogP contribution in [-0.4, -0.2) is 7.63 Å². The van der Waals surface area contributed by atoms with E-state index in [1.54, 1.807) is 18.9 Å². The molecular formula is C16H28Cl2SiTi. The third kappa shape index (κ3) is 3.13. The summed E-state index contributed by atoms with van der Waals surface area (Å²) in [4.78, 5) is 0. The monoisotopic (exact) mass is 366 g/mol. The van der Waals surface area contributed by atoms with E-state index in [9.17, 15) is 0 Å². The molecule has 0 nitrogen and oxygen atoms in total. The minimum Gasteiger partial charge on any atom is -0.147 e. The first-order valence-electron chi connectivity index (χ1n) is 6.95. The van der Waals surface area contributed by atoms with E-state index >= 15 is 0 Å². The van der Waals surface area contributed by atoms with Crippen molar-refractivity contribution < 1.29 is 14.0 Å². The van der Waals surface area contributed by atoms with Crippen molar-refractivity contribution in [3.05, 3.63) is 42.2 Å². The molecule has 0 N–H and O–H groups in total. The van der Waals surface area contributed by atoms with Crippen LogP contribution in [-0.2, 0) is 14.0 Å². The summed E-state index contributed by atoms with van der Waals surface area (Å²) in [5, 5.41) is 5.23. The van der Waals surface area contributed by atoms with Gasteiger partial charge in [0.05, 0.1) is 0 Å². The van der Waals surface area contributed by atoms with Gasteiger partial charge in [0.1, 0.15) is 0 Å². The molecule has 2 rings (SSSR count). The molecule has 0 atom stereocenters. The Morgan fingerprint density at radius 2 is 1.10 bits per heavy atom. The molecule has 0 saturated heterocycles. The molecule has 2 aliphatic rings. The Morgan fingerprint density at radius 1 is 0.800 bits per heavy atom. The minimum absolute atomic E-state index is 0. The van der Waals surface area contributed by atoms with E-state index < -0.39 is 14.0 Å². The van der Waals surface area contributed by atoms with Gasteiger partial charge in [0.15, 0.2) is 0 Å². The number of allylic oxidation sites excluding steroid dienone is 8. The van der Waals surface area contributed by atoms with Crippen LogP contribution in [0.1, 0.15) is 40.5 Å². The van der Waals surface area contributed by atoms with Gasteiger partial charge in [0.25, 0.3) is 0 Å². The summed E-state index contributed by atoms with van der Waals surface area (Å²) in [6, 6.07) is 0. The number of rotatable bonds is 2. The molecule has 4 heteroatoms. The van der Waals surface area contributed by atoms with Crippen LogP contribution in [0.3, 0.4) is 0 Å². The largest absolute Gasteiger partial charge is 0.147 e. The van der Waals surface area contributed by atoms with Gasteiger partial charge in [-0.1, -0.05) is 0 Å². The predicted octanol–water partition coefficient (Wildman–Crippen LogP) is 5.41. The molecule has 0 radical (unpaired) electrons. The molecule has 0 bridgehead atoms. The van der Waals surface area contributed by atoms with E-state index in [4.69, 9.17) is 0 Å². The summed E-state index contributed by atoms with van der Waals surface area (Å²) in [6.07, 6.45) is 7.28. The van der Waals surface area contributed by atoms with Crippen LogP contribution in [0.25, 0.3) is 0 Å². The molecule has 114 valence electrons. The second kappa shape index (κ2) is 6.30. The zero-order valence-corrected chi connectivity index (χ0v) is 18.2. The fourth-order valence-corrected chi connectivity index (χ4v) is 14.3. The Kier molecular flexibility index (Phi) is 6.45. The van der Waals surface area contributed by atoms with Crippen molar-refractivity contribution in [1.29, 1.82) is 0 Å². The Labute approximate surface area is 139 Å². The maximum absolute atomic E-state index is 2.62. The molecule has 0 fully saturated rings. The van der Waals surface area contributed by atoms with E-state index in [1.807, 2.05) is 0 Å². The Hall–Kier alpha value is 0.471. The zero-order valence-electron chi connectivity index (χ0n) is 13.6. The van der Waals surface area contributed by atoms with Gasteiger partial charge in [0.2, 0.25) is 0 Å². The van der Waals surface area contributed by atoms with Crippen LogP contribution < -0.4 is 0 Å². The number of hydrogen-bond donors (Lipinski definition) is 0. The van der Waals surface area contributed by atoms with Crippen molar-refractivity contribution >= 4 is 32.4 Å². The number of halogens is 2. The van der Waals surface area contributed by atoms with Gasteiger partial charge in [-0.25, -0.2) is 0 Å². The predicted molar refractivity (Wildman–Crippen MR) is 96.9 cm³/mol. The van der Waals surface area contributed by atoms with Gasteiger partial charge in [0, 0.05) is 0 Å². The van der Waals surface area contributed by atoms with Crippen LogP contribution in [0.5, 0.6) is 0 Å². The molecule has 0 aromatic rings. The first-order chi connectivity index (χ1) is 8.13. The Balaban J connectivity index is 0.00000180. The molecule has 0 unspecified atom stereocenters. The topological polar surface area (TPSA) is 0 Å². The van der Waals surface area contributed by atoms with Crippen molar-refractivity contribution in [3.63, 3.8) is 0 Å². The fourth-order valence-electron chi connectivity index (χ4n) is 3.64. The van der Waals surface area contributed by atoms with Crippen molar-refractivity contribution in [2.45, 2.75) is 51.0 Å². The quantitative estimate of drug-likeness (QED) is 0.573. The van der Waals surface area contributed by atoms with Crippen LogP contribution >= 0.6 is 24.8 Å². The third-order valence-corrected chi connectivity index (χ3v) is 16.6. The van der Waals surface area contributed by atoms with Crippen molar-refractivity contribution in [3.8, 4) is 0 Å². The molecule has 2 aliphatic carbocycles. The van der Waals surface area contributed by atoms with E-state index in [-0.39, 0.29) is 24.8 Å². The van der Waals surface area contributed by atoms with Gasteiger partial charge in [-0.05, 0) is 0 Å². The molecule has 20 heavy (non-hydrogen) atoms. The number of hydrogen-bond acceptors (Lipinski definition) is 0. The van der Waals surface area contributed by atoms with E-state index in [2.05, 4.69) is 57.9 Å². The van der Waals surface area contributed by atoms with E-state index in [0.29, 0.717) is 0 Å². The van der Waals surface area contributed by atoms with Gasteiger partial charge >= 0.3 is 115 Å². The SMILES string of the molecule is CC1=CC[C]([Ti]([CH3])([CH3])(=[SiH2])[C]2=C(C)C(C)=CC2)=C1C.Cl.Cl. The summed E-state index contributed by atoms with van der Waals surface area (Å²) in [5.41, 5.74) is 6.21. The van der Waals surface area contributed by atoms with Crippen molar-refractivity contribution in [1.82, 2.24) is 0 Å².